The summed E-state index contributed by atoms with van der Waals surface area (Å²) in [7, 11) is 0. The van der Waals surface area contributed by atoms with Crippen molar-refractivity contribution in [3.8, 4) is 0 Å². The topological polar surface area (TPSA) is 73.4 Å². The van der Waals surface area contributed by atoms with E-state index in [4.69, 9.17) is 4.74 Å². The quantitative estimate of drug-likeness (QED) is 0.810. The van der Waals surface area contributed by atoms with Crippen molar-refractivity contribution < 1.29 is 19.1 Å². The van der Waals surface area contributed by atoms with E-state index in [1.54, 1.807) is 26.5 Å². The van der Waals surface area contributed by atoms with Crippen LogP contribution in [0, 0.1) is 0 Å². The number of carbonyl (C=O) groups excluding carboxylic acids is 3. The monoisotopic (exact) mass is 360 g/mol. The Morgan fingerprint density at radius 1 is 0.962 bits per heavy atom. The van der Waals surface area contributed by atoms with E-state index in [-0.39, 0.29) is 24.6 Å². The predicted molar refractivity (Wildman–Crippen MR) is 95.9 cm³/mol. The number of hydrogen-bond donors (Lipinski definition) is 0. The van der Waals surface area contributed by atoms with Gasteiger partial charge in [0.25, 0.3) is 0 Å². The van der Waals surface area contributed by atoms with E-state index < -0.39 is 0 Å². The second-order valence-corrected chi connectivity index (χ2v) is 6.26. The molecule has 3 rings (SSSR count). The molecule has 0 aromatic heterocycles. The zero-order valence-corrected chi connectivity index (χ0v) is 15.0. The first-order chi connectivity index (χ1) is 12.6. The van der Waals surface area contributed by atoms with Gasteiger partial charge in [-0.05, 0) is 19.1 Å². The Hall–Kier alpha value is -2.77. The third-order valence-electron chi connectivity index (χ3n) is 4.65. The molecule has 26 heavy (non-hydrogen) atoms. The van der Waals surface area contributed by atoms with Crippen molar-refractivity contribution in [2.75, 3.05) is 57.3 Å². The molecule has 2 aliphatic rings. The highest BCUT2D eigenvalue weighted by molar-refractivity contribution is 5.96. The first-order valence-electron chi connectivity index (χ1n) is 8.91. The third kappa shape index (κ3) is 3.89. The van der Waals surface area contributed by atoms with E-state index in [1.165, 1.54) is 0 Å². The standard InChI is InChI=1S/C18H24N4O4/c1-2-26-18(25)20-10-8-19(9-11-20)16(23)14-21-12-13-22(17(21)24)15-6-4-3-5-7-15/h3-7H,2,8-14H2,1H3. The fourth-order valence-corrected chi connectivity index (χ4v) is 3.19. The molecule has 140 valence electrons. The second-order valence-electron chi connectivity index (χ2n) is 6.26. The number of hydrogen-bond acceptors (Lipinski definition) is 4. The number of nitrogens with zero attached hydrogens (tertiary/aromatic N) is 4. The number of para-hydroxylation sites is 1. The van der Waals surface area contributed by atoms with Gasteiger partial charge >= 0.3 is 12.1 Å². The van der Waals surface area contributed by atoms with Gasteiger partial charge in [-0.25, -0.2) is 9.59 Å². The molecule has 8 nitrogen and oxygen atoms in total. The largest absolute Gasteiger partial charge is 0.450 e. The fraction of sp³-hybridized carbons (Fsp3) is 0.500. The molecule has 0 radical (unpaired) electrons. The van der Waals surface area contributed by atoms with Gasteiger partial charge < -0.3 is 19.4 Å². The molecule has 4 amide bonds. The molecule has 0 aliphatic carbocycles. The van der Waals surface area contributed by atoms with Crippen molar-refractivity contribution in [3.05, 3.63) is 30.3 Å². The molecule has 8 heteroatoms. The van der Waals surface area contributed by atoms with Gasteiger partial charge in [0, 0.05) is 45.0 Å². The molecule has 2 aliphatic heterocycles. The summed E-state index contributed by atoms with van der Waals surface area (Å²) >= 11 is 0. The minimum atomic E-state index is -0.340. The smallest absolute Gasteiger partial charge is 0.409 e. The van der Waals surface area contributed by atoms with Gasteiger partial charge in [0.15, 0.2) is 0 Å². The van der Waals surface area contributed by atoms with Crippen LogP contribution in [0.4, 0.5) is 15.3 Å². The van der Waals surface area contributed by atoms with Crippen LogP contribution in [0.1, 0.15) is 6.92 Å². The lowest BCUT2D eigenvalue weighted by atomic mass is 10.3. The lowest BCUT2D eigenvalue weighted by Gasteiger charge is -2.34. The van der Waals surface area contributed by atoms with Crippen LogP contribution in [0.3, 0.4) is 0 Å². The van der Waals surface area contributed by atoms with Crippen molar-refractivity contribution in [2.45, 2.75) is 6.92 Å². The molecular formula is C18H24N4O4. The molecule has 0 bridgehead atoms. The molecule has 0 unspecified atom stereocenters. The molecule has 1 aromatic rings. The Bertz CT molecular complexity index is 658. The number of ether oxygens (including phenoxy) is 1. The van der Waals surface area contributed by atoms with Gasteiger partial charge in [0.1, 0.15) is 6.54 Å². The minimum absolute atomic E-state index is 0.0710. The number of piperazine rings is 1. The van der Waals surface area contributed by atoms with E-state index in [9.17, 15) is 14.4 Å². The summed E-state index contributed by atoms with van der Waals surface area (Å²) < 4.78 is 4.98. The van der Waals surface area contributed by atoms with Gasteiger partial charge in [-0.15, -0.1) is 0 Å². The van der Waals surface area contributed by atoms with E-state index >= 15 is 0 Å². The van der Waals surface area contributed by atoms with Crippen LogP contribution < -0.4 is 4.90 Å². The minimum Gasteiger partial charge on any atom is -0.450 e. The molecule has 0 spiro atoms. The van der Waals surface area contributed by atoms with Crippen molar-refractivity contribution >= 4 is 23.7 Å². The van der Waals surface area contributed by atoms with E-state index in [1.807, 2.05) is 30.3 Å². The third-order valence-corrected chi connectivity index (χ3v) is 4.65. The van der Waals surface area contributed by atoms with Crippen molar-refractivity contribution in [1.82, 2.24) is 14.7 Å². The highest BCUT2D eigenvalue weighted by Gasteiger charge is 2.33. The number of carbonyl (C=O) groups is 3. The summed E-state index contributed by atoms with van der Waals surface area (Å²) in [6.07, 6.45) is -0.340. The van der Waals surface area contributed by atoms with Gasteiger partial charge in [0.2, 0.25) is 5.91 Å². The second kappa shape index (κ2) is 8.07. The normalized spacial score (nSPS) is 17.7. The van der Waals surface area contributed by atoms with Gasteiger partial charge in [-0.1, -0.05) is 18.2 Å². The van der Waals surface area contributed by atoms with Crippen LogP contribution in [0.5, 0.6) is 0 Å². The molecular weight excluding hydrogens is 336 g/mol. The number of amides is 4. The molecule has 0 atom stereocenters. The average Bonchev–Trinajstić information content (AvgIpc) is 3.03. The summed E-state index contributed by atoms with van der Waals surface area (Å²) in [4.78, 5) is 43.4. The van der Waals surface area contributed by atoms with Crippen molar-refractivity contribution in [2.24, 2.45) is 0 Å². The van der Waals surface area contributed by atoms with E-state index in [2.05, 4.69) is 0 Å². The summed E-state index contributed by atoms with van der Waals surface area (Å²) in [6, 6.07) is 9.31. The van der Waals surface area contributed by atoms with Crippen LogP contribution in [-0.2, 0) is 9.53 Å². The van der Waals surface area contributed by atoms with Crippen molar-refractivity contribution in [3.63, 3.8) is 0 Å². The predicted octanol–water partition coefficient (Wildman–Crippen LogP) is 1.23. The lowest BCUT2D eigenvalue weighted by Crippen LogP contribution is -2.53. The Morgan fingerprint density at radius 2 is 1.62 bits per heavy atom. The first kappa shape index (κ1) is 18.0. The zero-order chi connectivity index (χ0) is 18.5. The van der Waals surface area contributed by atoms with Crippen LogP contribution in [0.25, 0.3) is 0 Å². The van der Waals surface area contributed by atoms with Crippen molar-refractivity contribution in [1.29, 1.82) is 0 Å². The average molecular weight is 360 g/mol. The molecule has 1 aromatic carbocycles. The van der Waals surface area contributed by atoms with Crippen LogP contribution in [0.15, 0.2) is 30.3 Å². The zero-order valence-electron chi connectivity index (χ0n) is 15.0. The number of benzene rings is 1. The highest BCUT2D eigenvalue weighted by atomic mass is 16.6. The summed E-state index contributed by atoms with van der Waals surface area (Å²) in [5.74, 6) is -0.0863. The fourth-order valence-electron chi connectivity index (χ4n) is 3.19. The molecule has 2 saturated heterocycles. The Morgan fingerprint density at radius 3 is 2.27 bits per heavy atom. The summed E-state index contributed by atoms with van der Waals surface area (Å²) in [5, 5.41) is 0. The van der Waals surface area contributed by atoms with Gasteiger partial charge in [-0.2, -0.15) is 0 Å². The number of urea groups is 1. The van der Waals surface area contributed by atoms with Crippen LogP contribution >= 0.6 is 0 Å². The maximum absolute atomic E-state index is 12.5. The molecule has 2 heterocycles. The Kier molecular flexibility index (Phi) is 5.60. The summed E-state index contributed by atoms with van der Waals surface area (Å²) in [6.45, 7) is 5.11. The van der Waals surface area contributed by atoms with Crippen LogP contribution in [-0.4, -0.2) is 85.2 Å². The Labute approximate surface area is 152 Å². The first-order valence-corrected chi connectivity index (χ1v) is 8.91. The molecule has 0 N–H and O–H groups in total. The van der Waals surface area contributed by atoms with E-state index in [0.717, 1.165) is 5.69 Å². The van der Waals surface area contributed by atoms with Gasteiger partial charge in [-0.3, -0.25) is 9.69 Å². The number of anilines is 1. The molecule has 0 saturated carbocycles. The number of rotatable bonds is 4. The van der Waals surface area contributed by atoms with E-state index in [0.29, 0.717) is 45.9 Å². The summed E-state index contributed by atoms with van der Waals surface area (Å²) in [5.41, 5.74) is 0.843. The SMILES string of the molecule is CCOC(=O)N1CCN(C(=O)CN2CCN(c3ccccc3)C2=O)CC1. The Balaban J connectivity index is 1.50. The maximum Gasteiger partial charge on any atom is 0.409 e. The van der Waals surface area contributed by atoms with Crippen LogP contribution in [0.2, 0.25) is 0 Å². The highest BCUT2D eigenvalue weighted by Crippen LogP contribution is 2.19. The van der Waals surface area contributed by atoms with Gasteiger partial charge in [0.05, 0.1) is 6.61 Å². The maximum atomic E-state index is 12.5. The molecule has 2 fully saturated rings. The lowest BCUT2D eigenvalue weighted by molar-refractivity contribution is -0.133.